The summed E-state index contributed by atoms with van der Waals surface area (Å²) < 4.78 is 0. The molecule has 0 aliphatic rings. The summed E-state index contributed by atoms with van der Waals surface area (Å²) in [5, 5.41) is 5.71. The Morgan fingerprint density at radius 1 is 1.50 bits per heavy atom. The van der Waals surface area contributed by atoms with Crippen LogP contribution in [-0.2, 0) is 6.54 Å². The van der Waals surface area contributed by atoms with Gasteiger partial charge in [0.15, 0.2) is 5.82 Å². The Labute approximate surface area is 116 Å². The number of nitrogens with zero attached hydrogens (tertiary/aromatic N) is 3. The second-order valence-electron chi connectivity index (χ2n) is 3.83. The largest absolute Gasteiger partial charge is 0.354 e. The molecule has 4 nitrogen and oxygen atoms in total. The number of hydrogen-bond donors (Lipinski definition) is 1. The molecule has 0 aromatic carbocycles. The number of nitrogens with one attached hydrogen (secondary N) is 1. The van der Waals surface area contributed by atoms with Crippen LogP contribution < -0.4 is 10.2 Å². The van der Waals surface area contributed by atoms with Gasteiger partial charge in [0.25, 0.3) is 0 Å². The third-order valence-electron chi connectivity index (χ3n) is 2.40. The van der Waals surface area contributed by atoms with Crippen molar-refractivity contribution in [2.24, 2.45) is 0 Å². The fraction of sp³-hybridized carbons (Fsp3) is 0.333. The molecule has 0 fully saturated rings. The second kappa shape index (κ2) is 6.02. The van der Waals surface area contributed by atoms with Crippen LogP contribution in [-0.4, -0.2) is 23.6 Å². The maximum absolute atomic E-state index is 6.14. The highest BCUT2D eigenvalue weighted by Crippen LogP contribution is 2.24. The summed E-state index contributed by atoms with van der Waals surface area (Å²) >= 11 is 7.86. The molecule has 0 radical (unpaired) electrons. The maximum atomic E-state index is 6.14. The lowest BCUT2D eigenvalue weighted by atomic mass is 10.4. The van der Waals surface area contributed by atoms with Gasteiger partial charge < -0.3 is 10.2 Å². The Morgan fingerprint density at radius 3 is 3.00 bits per heavy atom. The van der Waals surface area contributed by atoms with Gasteiger partial charge in [0.05, 0.1) is 12.7 Å². The van der Waals surface area contributed by atoms with Crippen LogP contribution in [0.5, 0.6) is 0 Å². The molecule has 0 saturated heterocycles. The molecule has 0 aliphatic carbocycles. The normalized spacial score (nSPS) is 10.4. The van der Waals surface area contributed by atoms with Gasteiger partial charge in [-0.3, -0.25) is 0 Å². The molecule has 0 saturated carbocycles. The first-order chi connectivity index (χ1) is 8.70. The van der Waals surface area contributed by atoms with E-state index in [0.29, 0.717) is 11.0 Å². The van der Waals surface area contributed by atoms with E-state index in [2.05, 4.69) is 26.7 Å². The van der Waals surface area contributed by atoms with E-state index in [9.17, 15) is 0 Å². The lowest BCUT2D eigenvalue weighted by Gasteiger charge is -2.19. The van der Waals surface area contributed by atoms with Crippen LogP contribution in [0.25, 0.3) is 0 Å². The van der Waals surface area contributed by atoms with Crippen molar-refractivity contribution >= 4 is 34.7 Å². The average Bonchev–Trinajstić information content (AvgIpc) is 2.84. The Balaban J connectivity index is 2.17. The molecular weight excluding hydrogens is 268 g/mol. The van der Waals surface area contributed by atoms with Gasteiger partial charge >= 0.3 is 0 Å². The zero-order valence-corrected chi connectivity index (χ0v) is 11.9. The molecule has 2 aromatic rings. The molecule has 0 aliphatic heterocycles. The van der Waals surface area contributed by atoms with Crippen molar-refractivity contribution in [1.82, 2.24) is 9.97 Å². The highest BCUT2D eigenvalue weighted by atomic mass is 35.5. The molecule has 18 heavy (non-hydrogen) atoms. The fourth-order valence-corrected chi connectivity index (χ4v) is 2.57. The van der Waals surface area contributed by atoms with E-state index in [0.717, 1.165) is 18.9 Å². The quantitative estimate of drug-likeness (QED) is 0.914. The van der Waals surface area contributed by atoms with Crippen LogP contribution in [0.2, 0.25) is 5.02 Å². The summed E-state index contributed by atoms with van der Waals surface area (Å²) in [5.74, 6) is 1.35. The summed E-state index contributed by atoms with van der Waals surface area (Å²) in [6.07, 6.45) is 1.63. The number of anilines is 2. The Bertz CT molecular complexity index is 501. The highest BCUT2D eigenvalue weighted by Gasteiger charge is 2.10. The zero-order chi connectivity index (χ0) is 13.0. The Morgan fingerprint density at radius 2 is 2.33 bits per heavy atom. The second-order valence-corrected chi connectivity index (χ2v) is 5.27. The lowest BCUT2D eigenvalue weighted by molar-refractivity contribution is 0.903. The maximum Gasteiger partial charge on any atom is 0.224 e. The van der Waals surface area contributed by atoms with E-state index in [-0.39, 0.29) is 0 Å². The first-order valence-electron chi connectivity index (χ1n) is 5.70. The third kappa shape index (κ3) is 3.11. The molecular formula is C12H15ClN4S. The third-order valence-corrected chi connectivity index (χ3v) is 3.52. The Hall–Kier alpha value is -1.33. The van der Waals surface area contributed by atoms with Crippen molar-refractivity contribution in [1.29, 1.82) is 0 Å². The van der Waals surface area contributed by atoms with Gasteiger partial charge in [-0.1, -0.05) is 17.7 Å². The van der Waals surface area contributed by atoms with Crippen molar-refractivity contribution in [3.05, 3.63) is 33.6 Å². The van der Waals surface area contributed by atoms with Crippen LogP contribution in [0.4, 0.5) is 11.8 Å². The van der Waals surface area contributed by atoms with Crippen LogP contribution in [0.3, 0.4) is 0 Å². The SMILES string of the molecule is CCNc1ncc(Cl)c(N(C)Cc2cccs2)n1. The molecule has 96 valence electrons. The molecule has 2 aromatic heterocycles. The van der Waals surface area contributed by atoms with Crippen LogP contribution in [0.15, 0.2) is 23.7 Å². The predicted molar refractivity (Wildman–Crippen MR) is 77.6 cm³/mol. The van der Waals surface area contributed by atoms with Crippen LogP contribution >= 0.6 is 22.9 Å². The van der Waals surface area contributed by atoms with Gasteiger partial charge in [-0.2, -0.15) is 4.98 Å². The van der Waals surface area contributed by atoms with E-state index >= 15 is 0 Å². The summed E-state index contributed by atoms with van der Waals surface area (Å²) in [4.78, 5) is 11.8. The molecule has 2 rings (SSSR count). The summed E-state index contributed by atoms with van der Waals surface area (Å²) in [7, 11) is 1.98. The smallest absolute Gasteiger partial charge is 0.224 e. The predicted octanol–water partition coefficient (Wildman–Crippen LogP) is 3.26. The first-order valence-corrected chi connectivity index (χ1v) is 6.96. The summed E-state index contributed by atoms with van der Waals surface area (Å²) in [5.41, 5.74) is 0. The summed E-state index contributed by atoms with van der Waals surface area (Å²) in [6.45, 7) is 3.59. The van der Waals surface area contributed by atoms with Gasteiger partial charge in [0, 0.05) is 18.5 Å². The summed E-state index contributed by atoms with van der Waals surface area (Å²) in [6, 6.07) is 4.14. The van der Waals surface area contributed by atoms with E-state index in [1.807, 2.05) is 24.9 Å². The molecule has 1 N–H and O–H groups in total. The number of aromatic nitrogens is 2. The Kier molecular flexibility index (Phi) is 4.38. The van der Waals surface area contributed by atoms with Crippen molar-refractivity contribution in [2.75, 3.05) is 23.8 Å². The van der Waals surface area contributed by atoms with Gasteiger partial charge in [0.2, 0.25) is 5.95 Å². The molecule has 0 atom stereocenters. The molecule has 6 heteroatoms. The van der Waals surface area contributed by atoms with E-state index in [1.54, 1.807) is 17.5 Å². The minimum Gasteiger partial charge on any atom is -0.354 e. The van der Waals surface area contributed by atoms with Gasteiger partial charge in [-0.25, -0.2) is 4.98 Å². The highest BCUT2D eigenvalue weighted by molar-refractivity contribution is 7.09. The van der Waals surface area contributed by atoms with Crippen molar-refractivity contribution in [3.8, 4) is 0 Å². The first kappa shape index (κ1) is 13.1. The molecule has 2 heterocycles. The van der Waals surface area contributed by atoms with E-state index in [4.69, 9.17) is 11.6 Å². The van der Waals surface area contributed by atoms with Gasteiger partial charge in [-0.15, -0.1) is 11.3 Å². The zero-order valence-electron chi connectivity index (χ0n) is 10.4. The molecule has 0 amide bonds. The fourth-order valence-electron chi connectivity index (χ4n) is 1.58. The minimum absolute atomic E-state index is 0.565. The number of hydrogen-bond acceptors (Lipinski definition) is 5. The number of rotatable bonds is 5. The standard InChI is InChI=1S/C12H15ClN4S/c1-3-14-12-15-7-10(13)11(16-12)17(2)8-9-5-4-6-18-9/h4-7H,3,8H2,1-2H3,(H,14,15,16). The minimum atomic E-state index is 0.565. The van der Waals surface area contributed by atoms with Crippen molar-refractivity contribution in [3.63, 3.8) is 0 Å². The molecule has 0 spiro atoms. The van der Waals surface area contributed by atoms with Crippen molar-refractivity contribution in [2.45, 2.75) is 13.5 Å². The van der Waals surface area contributed by atoms with Crippen molar-refractivity contribution < 1.29 is 0 Å². The van der Waals surface area contributed by atoms with Gasteiger partial charge in [0.1, 0.15) is 5.02 Å². The molecule has 0 bridgehead atoms. The molecule has 0 unspecified atom stereocenters. The monoisotopic (exact) mass is 282 g/mol. The average molecular weight is 283 g/mol. The number of halogens is 1. The number of thiophene rings is 1. The van der Waals surface area contributed by atoms with E-state index in [1.165, 1.54) is 4.88 Å². The van der Waals surface area contributed by atoms with Gasteiger partial charge in [-0.05, 0) is 18.4 Å². The van der Waals surface area contributed by atoms with E-state index < -0.39 is 0 Å². The van der Waals surface area contributed by atoms with Crippen LogP contribution in [0.1, 0.15) is 11.8 Å². The van der Waals surface area contributed by atoms with Crippen LogP contribution in [0, 0.1) is 0 Å². The lowest BCUT2D eigenvalue weighted by Crippen LogP contribution is -2.18. The topological polar surface area (TPSA) is 41.1 Å².